The molecule has 4 aromatic carbocycles. The number of aliphatic hydroxyl groups excluding tert-OH is 1. The van der Waals surface area contributed by atoms with Gasteiger partial charge in [0, 0.05) is 38.0 Å². The second-order valence-corrected chi connectivity index (χ2v) is 14.3. The average molecular weight is 979 g/mol. The van der Waals surface area contributed by atoms with E-state index in [2.05, 4.69) is 10.3 Å². The van der Waals surface area contributed by atoms with Gasteiger partial charge in [-0.05, 0) is 110 Å². The van der Waals surface area contributed by atoms with Gasteiger partial charge in [0.05, 0.1) is 20.8 Å². The van der Waals surface area contributed by atoms with Crippen LogP contribution in [0.2, 0.25) is 0 Å². The molecule has 70 heavy (non-hydrogen) atoms. The Morgan fingerprint density at radius 1 is 0.586 bits per heavy atom. The zero-order valence-corrected chi connectivity index (χ0v) is 36.5. The minimum atomic E-state index is -1.10. The first-order chi connectivity index (χ1) is 30.6. The number of carbonyl (C=O) groups is 7. The molecular formula is C54H78N2O14. The van der Waals surface area contributed by atoms with Gasteiger partial charge in [-0.3, -0.25) is 29.0 Å². The van der Waals surface area contributed by atoms with E-state index in [1.165, 1.54) is 26.0 Å². The van der Waals surface area contributed by atoms with Crippen molar-refractivity contribution < 1.29 is 67.5 Å². The summed E-state index contributed by atoms with van der Waals surface area (Å²) < 4.78 is 25.5. The van der Waals surface area contributed by atoms with Gasteiger partial charge in [0.15, 0.2) is 6.04 Å². The molecule has 0 heterocycles. The minimum absolute atomic E-state index is 0. The summed E-state index contributed by atoms with van der Waals surface area (Å²) in [4.78, 5) is 86.2. The zero-order valence-electron chi connectivity index (χ0n) is 36.5. The van der Waals surface area contributed by atoms with Gasteiger partial charge in [-0.15, -0.1) is 0 Å². The van der Waals surface area contributed by atoms with Crippen molar-refractivity contribution in [3.63, 3.8) is 0 Å². The first kappa shape index (κ1) is 69.4. The number of aryl methyl sites for hydroxylation is 1. The van der Waals surface area contributed by atoms with Crippen molar-refractivity contribution in [1.82, 2.24) is 5.32 Å². The zero-order chi connectivity index (χ0) is 47.0. The highest BCUT2D eigenvalue weighted by molar-refractivity contribution is 6.02. The van der Waals surface area contributed by atoms with Crippen molar-refractivity contribution in [2.45, 2.75) is 122 Å². The lowest BCUT2D eigenvalue weighted by molar-refractivity contribution is -0.147. The maximum Gasteiger partial charge on any atom is 0.328 e. The number of ketones is 2. The molecule has 0 saturated carbocycles. The first-order valence-electron chi connectivity index (χ1n) is 20.3. The fourth-order valence-corrected chi connectivity index (χ4v) is 5.89. The van der Waals surface area contributed by atoms with E-state index in [0.29, 0.717) is 34.8 Å². The maximum atomic E-state index is 12.5. The lowest BCUT2D eigenvalue weighted by Crippen LogP contribution is -2.43. The number of rotatable bonds is 23. The lowest BCUT2D eigenvalue weighted by Gasteiger charge is -2.18. The van der Waals surface area contributed by atoms with Crippen LogP contribution in [0.1, 0.15) is 113 Å². The number of nitrogens with one attached hydrogen (secondary N) is 1. The maximum absolute atomic E-state index is 12.5. The normalized spacial score (nSPS) is 10.7. The molecule has 0 bridgehead atoms. The SMILES string of the molecule is C.C.C.C.C.C.CCOC(=O)C(Cc1ccc(OC(=O)CC(C)=O)cc1)NC(=O)CCc1ccc(OC)cc1.COc1ccc(C(CCO)=NC(Cc2ccc(OC(=O)CC(C)=O)cc2)C(=O)O)cc1. The fourth-order valence-electron chi connectivity index (χ4n) is 5.89. The number of aliphatic carboxylic acids is 1. The van der Waals surface area contributed by atoms with Crippen LogP contribution in [-0.4, -0.2) is 96.8 Å². The Morgan fingerprint density at radius 3 is 1.40 bits per heavy atom. The number of carboxylic acid groups (broad SMARTS) is 1. The number of benzene rings is 4. The minimum Gasteiger partial charge on any atom is -0.497 e. The Kier molecular flexibility index (Phi) is 36.5. The summed E-state index contributed by atoms with van der Waals surface area (Å²) in [6.07, 6.45) is 0.669. The number of aliphatic hydroxyl groups is 1. The highest BCUT2D eigenvalue weighted by Crippen LogP contribution is 2.19. The van der Waals surface area contributed by atoms with Gasteiger partial charge in [-0.1, -0.05) is 81.0 Å². The molecule has 0 radical (unpaired) electrons. The highest BCUT2D eigenvalue weighted by Gasteiger charge is 2.23. The number of carbonyl (C=O) groups excluding carboxylic acids is 6. The molecule has 388 valence electrons. The molecule has 2 atom stereocenters. The van der Waals surface area contributed by atoms with Crippen LogP contribution >= 0.6 is 0 Å². The van der Waals surface area contributed by atoms with E-state index in [0.717, 1.165) is 16.9 Å². The smallest absolute Gasteiger partial charge is 0.328 e. The molecule has 1 amide bonds. The summed E-state index contributed by atoms with van der Waals surface area (Å²) in [5.41, 5.74) is 3.59. The van der Waals surface area contributed by atoms with Crippen LogP contribution in [-0.2, 0) is 57.6 Å². The van der Waals surface area contributed by atoms with Crippen LogP contribution in [0.15, 0.2) is 102 Å². The monoisotopic (exact) mass is 979 g/mol. The molecule has 16 heteroatoms. The summed E-state index contributed by atoms with van der Waals surface area (Å²) in [5.74, 6) is -1.78. The van der Waals surface area contributed by atoms with E-state index in [-0.39, 0.29) is 120 Å². The van der Waals surface area contributed by atoms with Gasteiger partial charge in [0.2, 0.25) is 5.91 Å². The summed E-state index contributed by atoms with van der Waals surface area (Å²) >= 11 is 0. The van der Waals surface area contributed by atoms with Crippen LogP contribution in [0.4, 0.5) is 0 Å². The molecule has 0 fully saturated rings. The van der Waals surface area contributed by atoms with Gasteiger partial charge >= 0.3 is 23.9 Å². The van der Waals surface area contributed by atoms with E-state index in [1.807, 2.05) is 24.3 Å². The molecule has 4 rings (SSSR count). The Balaban J connectivity index is -0.000000574. The average Bonchev–Trinajstić information content (AvgIpc) is 3.26. The van der Waals surface area contributed by atoms with Crippen LogP contribution in [0, 0.1) is 0 Å². The second kappa shape index (κ2) is 36.8. The quantitative estimate of drug-likeness (QED) is 0.0273. The molecule has 2 unspecified atom stereocenters. The predicted molar refractivity (Wildman–Crippen MR) is 275 cm³/mol. The molecule has 0 spiro atoms. The van der Waals surface area contributed by atoms with Gasteiger partial charge < -0.3 is 39.2 Å². The van der Waals surface area contributed by atoms with Gasteiger partial charge in [-0.2, -0.15) is 0 Å². The number of hydrogen-bond donors (Lipinski definition) is 3. The Labute approximate surface area is 415 Å². The second-order valence-electron chi connectivity index (χ2n) is 14.3. The summed E-state index contributed by atoms with van der Waals surface area (Å²) in [5, 5.41) is 21.8. The third-order valence-corrected chi connectivity index (χ3v) is 9.04. The molecule has 4 aromatic rings. The van der Waals surface area contributed by atoms with E-state index in [9.17, 15) is 43.8 Å². The van der Waals surface area contributed by atoms with Crippen molar-refractivity contribution in [3.05, 3.63) is 119 Å². The Bertz CT molecular complexity index is 2200. The Morgan fingerprint density at radius 2 is 1.00 bits per heavy atom. The predicted octanol–water partition coefficient (Wildman–Crippen LogP) is 9.07. The molecule has 0 aromatic heterocycles. The van der Waals surface area contributed by atoms with E-state index in [4.69, 9.17) is 23.7 Å². The molecule has 0 aliphatic heterocycles. The summed E-state index contributed by atoms with van der Waals surface area (Å²) in [7, 11) is 3.14. The third kappa shape index (κ3) is 25.8. The van der Waals surface area contributed by atoms with Crippen LogP contribution in [0.25, 0.3) is 0 Å². The van der Waals surface area contributed by atoms with Gasteiger partial charge in [0.1, 0.15) is 53.4 Å². The number of hydrogen-bond acceptors (Lipinski definition) is 14. The summed E-state index contributed by atoms with van der Waals surface area (Å²) in [6.45, 7) is 4.34. The summed E-state index contributed by atoms with van der Waals surface area (Å²) in [6, 6.07) is 25.4. The van der Waals surface area contributed by atoms with Crippen molar-refractivity contribution in [2.75, 3.05) is 27.4 Å². The topological polar surface area (TPSA) is 230 Å². The highest BCUT2D eigenvalue weighted by atomic mass is 16.5. The number of nitrogens with zero attached hydrogens (tertiary/aromatic N) is 1. The van der Waals surface area contributed by atoms with Crippen LogP contribution in [0.3, 0.4) is 0 Å². The number of ether oxygens (including phenoxy) is 5. The molecule has 0 saturated heterocycles. The van der Waals surface area contributed by atoms with Crippen molar-refractivity contribution in [3.8, 4) is 23.0 Å². The number of Topliss-reactive ketones (excluding diaryl/α,β-unsaturated/α-hetero) is 2. The van der Waals surface area contributed by atoms with Gasteiger partial charge in [-0.25, -0.2) is 9.59 Å². The number of carboxylic acids is 1. The lowest BCUT2D eigenvalue weighted by atomic mass is 10.0. The molecule has 0 aliphatic carbocycles. The van der Waals surface area contributed by atoms with Crippen LogP contribution in [0.5, 0.6) is 23.0 Å². The third-order valence-electron chi connectivity index (χ3n) is 9.04. The number of methoxy groups -OCH3 is 2. The molecule has 16 nitrogen and oxygen atoms in total. The molecule has 3 N–H and O–H groups in total. The Hall–Kier alpha value is -7.20. The molecule has 0 aliphatic rings. The number of esters is 3. The number of amides is 1. The first-order valence-corrected chi connectivity index (χ1v) is 20.3. The molecular weight excluding hydrogens is 901 g/mol. The van der Waals surface area contributed by atoms with Crippen molar-refractivity contribution in [1.29, 1.82) is 0 Å². The van der Waals surface area contributed by atoms with Gasteiger partial charge in [0.25, 0.3) is 0 Å². The largest absolute Gasteiger partial charge is 0.497 e. The van der Waals surface area contributed by atoms with E-state index < -0.39 is 36.0 Å². The van der Waals surface area contributed by atoms with Crippen molar-refractivity contribution >= 4 is 47.1 Å². The number of aliphatic imine (C=N–C) groups is 1. The van der Waals surface area contributed by atoms with Crippen LogP contribution < -0.4 is 24.3 Å². The fraction of sp³-hybridized carbons (Fsp3) is 0.407. The van der Waals surface area contributed by atoms with Crippen molar-refractivity contribution in [2.24, 2.45) is 4.99 Å². The van der Waals surface area contributed by atoms with E-state index in [1.54, 1.807) is 81.8 Å². The standard InChI is InChI=1S/C25H29NO7.C23H25NO7.6CH4/c1-4-32-25(30)22(26-23(28)14-9-18-5-10-20(31-3)11-6-18)16-19-7-12-21(13-8-19)33-24(29)15-17(2)27;1-15(26)13-22(27)31-19-7-3-16(4-8-19)14-21(23(28)29)24-20(11-12-25)17-5-9-18(30-2)10-6-17;;;;;;/h5-8,10-13,22H,4,9,14-16H2,1-3H3,(H,26,28);3-10,21,25H,11-14H2,1-2H3,(H,28,29);6*1H4. The van der Waals surface area contributed by atoms with E-state index >= 15 is 0 Å².